The summed E-state index contributed by atoms with van der Waals surface area (Å²) in [7, 11) is 0. The number of nitrogens with one attached hydrogen (secondary N) is 1. The lowest BCUT2D eigenvalue weighted by Crippen LogP contribution is -2.06. The number of anilines is 2. The number of aryl methyl sites for hydroxylation is 1. The minimum Gasteiger partial charge on any atom is -0.456 e. The summed E-state index contributed by atoms with van der Waals surface area (Å²) < 4.78 is 16.9. The molecule has 2 N–H and O–H groups in total. The number of benzene rings is 2. The van der Waals surface area contributed by atoms with Crippen LogP contribution in [0.25, 0.3) is 17.5 Å². The summed E-state index contributed by atoms with van der Waals surface area (Å²) >= 11 is 6.58. The molecule has 192 valence electrons. The van der Waals surface area contributed by atoms with Crippen LogP contribution in [0.15, 0.2) is 65.5 Å². The summed E-state index contributed by atoms with van der Waals surface area (Å²) in [6.45, 7) is 4.71. The molecule has 0 bridgehead atoms. The van der Waals surface area contributed by atoms with E-state index in [1.807, 2.05) is 62.4 Å². The summed E-state index contributed by atoms with van der Waals surface area (Å²) in [5.74, 6) is 2.37. The highest BCUT2D eigenvalue weighted by atomic mass is 35.5. The second kappa shape index (κ2) is 13.0. The maximum Gasteiger partial charge on any atom is 0.226 e. The molecule has 0 aliphatic carbocycles. The smallest absolute Gasteiger partial charge is 0.226 e. The average molecular weight is 521 g/mol. The number of aromatic nitrogens is 3. The van der Waals surface area contributed by atoms with Crippen molar-refractivity contribution in [3.8, 4) is 23.0 Å². The van der Waals surface area contributed by atoms with Crippen molar-refractivity contribution in [1.82, 2.24) is 15.0 Å². The quantitative estimate of drug-likeness (QED) is 0.201. The summed E-state index contributed by atoms with van der Waals surface area (Å²) in [6, 6.07) is 13.0. The molecule has 0 spiro atoms. The van der Waals surface area contributed by atoms with Gasteiger partial charge in [-0.1, -0.05) is 23.7 Å². The fraction of sp³-hybridized carbons (Fsp3) is 0.250. The predicted octanol–water partition coefficient (Wildman–Crippen LogP) is 6.60. The van der Waals surface area contributed by atoms with Gasteiger partial charge in [-0.05, 0) is 69.2 Å². The van der Waals surface area contributed by atoms with Crippen LogP contribution in [0.4, 0.5) is 11.5 Å². The van der Waals surface area contributed by atoms with Crippen LogP contribution < -0.4 is 10.1 Å². The van der Waals surface area contributed by atoms with E-state index >= 15 is 0 Å². The Morgan fingerprint density at radius 3 is 2.78 bits per heavy atom. The number of ether oxygens (including phenoxy) is 2. The monoisotopic (exact) mass is 520 g/mol. The van der Waals surface area contributed by atoms with Gasteiger partial charge in [-0.3, -0.25) is 0 Å². The Balaban J connectivity index is 1.49. The van der Waals surface area contributed by atoms with Crippen LogP contribution in [0.5, 0.6) is 11.5 Å². The lowest BCUT2D eigenvalue weighted by Gasteiger charge is -2.14. The Bertz CT molecular complexity index is 1360. The molecule has 2 aromatic carbocycles. The highest BCUT2D eigenvalue weighted by molar-refractivity contribution is 6.32. The minimum atomic E-state index is 0.0118. The van der Waals surface area contributed by atoms with Gasteiger partial charge < -0.3 is 24.3 Å². The van der Waals surface area contributed by atoms with Gasteiger partial charge in [0.1, 0.15) is 29.9 Å². The lowest BCUT2D eigenvalue weighted by molar-refractivity contribution is 0.0909. The molecule has 9 heteroatoms. The maximum absolute atomic E-state index is 8.90. The van der Waals surface area contributed by atoms with Gasteiger partial charge in [0.25, 0.3) is 0 Å². The first-order valence-electron chi connectivity index (χ1n) is 12.0. The molecule has 2 aromatic heterocycles. The highest BCUT2D eigenvalue weighted by Gasteiger charge is 2.13. The van der Waals surface area contributed by atoms with E-state index in [0.717, 1.165) is 34.6 Å². The Labute approximate surface area is 221 Å². The van der Waals surface area contributed by atoms with Crippen molar-refractivity contribution in [3.05, 3.63) is 83.1 Å². The van der Waals surface area contributed by atoms with Gasteiger partial charge >= 0.3 is 0 Å². The molecule has 0 amide bonds. The van der Waals surface area contributed by atoms with Crippen LogP contribution in [0.1, 0.15) is 30.3 Å². The number of aliphatic hydroxyl groups is 1. The van der Waals surface area contributed by atoms with Gasteiger partial charge in [-0.15, -0.1) is 0 Å². The zero-order valence-electron chi connectivity index (χ0n) is 20.8. The fourth-order valence-corrected chi connectivity index (χ4v) is 3.92. The first-order chi connectivity index (χ1) is 18.1. The number of hydrogen-bond acceptors (Lipinski definition) is 8. The van der Waals surface area contributed by atoms with Crippen molar-refractivity contribution in [2.24, 2.45) is 0 Å². The van der Waals surface area contributed by atoms with Crippen LogP contribution in [0.2, 0.25) is 5.02 Å². The van der Waals surface area contributed by atoms with E-state index in [4.69, 9.17) is 30.6 Å². The zero-order valence-corrected chi connectivity index (χ0v) is 21.5. The minimum absolute atomic E-state index is 0.0118. The van der Waals surface area contributed by atoms with E-state index < -0.39 is 0 Å². The standard InChI is InChI=1S/C28H29ClN4O4/c1-3-6-25-23(9-5-13-35-14-12-34)27(31-18-30-25)33-21-10-11-26(24(29)16-21)37-22-8-4-7-20(15-22)28-32-19(2)17-36-28/h3-4,6-8,10-11,15-18,34H,5,9,12-14H2,1-2H3,(H,30,31,33)/b6-3-. The van der Waals surface area contributed by atoms with Crippen molar-refractivity contribution in [1.29, 1.82) is 0 Å². The van der Waals surface area contributed by atoms with E-state index in [9.17, 15) is 0 Å². The SMILES string of the molecule is C/C=C\c1ncnc(Nc2ccc(Oc3cccc(-c4nc(C)co4)c3)c(Cl)c2)c1CCCOCCO. The largest absolute Gasteiger partial charge is 0.456 e. The Hall–Kier alpha value is -3.72. The van der Waals surface area contributed by atoms with Gasteiger partial charge in [0.2, 0.25) is 5.89 Å². The Kier molecular flexibility index (Phi) is 9.26. The third-order valence-corrected chi connectivity index (χ3v) is 5.67. The summed E-state index contributed by atoms with van der Waals surface area (Å²) in [5, 5.41) is 12.7. The third-order valence-electron chi connectivity index (χ3n) is 5.38. The predicted molar refractivity (Wildman–Crippen MR) is 144 cm³/mol. The van der Waals surface area contributed by atoms with E-state index in [2.05, 4.69) is 20.3 Å². The van der Waals surface area contributed by atoms with Gasteiger partial charge in [-0.25, -0.2) is 15.0 Å². The fourth-order valence-electron chi connectivity index (χ4n) is 3.70. The van der Waals surface area contributed by atoms with Crippen molar-refractivity contribution < 1.29 is 19.0 Å². The molecule has 0 fully saturated rings. The topological polar surface area (TPSA) is 103 Å². The summed E-state index contributed by atoms with van der Waals surface area (Å²) in [5.41, 5.74) is 4.21. The van der Waals surface area contributed by atoms with Crippen LogP contribution in [0.3, 0.4) is 0 Å². The molecule has 8 nitrogen and oxygen atoms in total. The second-order valence-electron chi connectivity index (χ2n) is 8.22. The molecular weight excluding hydrogens is 492 g/mol. The number of hydrogen-bond donors (Lipinski definition) is 2. The molecular formula is C28H29ClN4O4. The Morgan fingerprint density at radius 1 is 1.14 bits per heavy atom. The summed E-state index contributed by atoms with van der Waals surface area (Å²) in [6.07, 6.45) is 8.52. The molecule has 37 heavy (non-hydrogen) atoms. The van der Waals surface area contributed by atoms with Crippen molar-refractivity contribution in [3.63, 3.8) is 0 Å². The van der Waals surface area contributed by atoms with Crippen molar-refractivity contribution in [2.45, 2.75) is 26.7 Å². The first-order valence-corrected chi connectivity index (χ1v) is 12.4. The number of allylic oxidation sites excluding steroid dienone is 1. The molecule has 0 aliphatic heterocycles. The third kappa shape index (κ3) is 7.16. The first kappa shape index (κ1) is 26.3. The normalized spacial score (nSPS) is 11.2. The van der Waals surface area contributed by atoms with Crippen LogP contribution in [-0.4, -0.2) is 39.9 Å². The maximum atomic E-state index is 8.90. The molecule has 0 unspecified atom stereocenters. The van der Waals surface area contributed by atoms with Crippen LogP contribution in [0, 0.1) is 6.92 Å². The molecule has 0 atom stereocenters. The van der Waals surface area contributed by atoms with E-state index in [1.54, 1.807) is 12.3 Å². The molecule has 0 saturated carbocycles. The highest BCUT2D eigenvalue weighted by Crippen LogP contribution is 2.34. The second-order valence-corrected chi connectivity index (χ2v) is 8.63. The van der Waals surface area contributed by atoms with E-state index in [1.165, 1.54) is 6.33 Å². The molecule has 0 aliphatic rings. The van der Waals surface area contributed by atoms with E-state index in [-0.39, 0.29) is 6.61 Å². The number of halogens is 1. The van der Waals surface area contributed by atoms with Crippen LogP contribution >= 0.6 is 11.6 Å². The van der Waals surface area contributed by atoms with Crippen LogP contribution in [-0.2, 0) is 11.2 Å². The average Bonchev–Trinajstić information content (AvgIpc) is 3.33. The Morgan fingerprint density at radius 2 is 2.03 bits per heavy atom. The van der Waals surface area contributed by atoms with Crippen molar-refractivity contribution in [2.75, 3.05) is 25.1 Å². The molecule has 0 radical (unpaired) electrons. The van der Waals surface area contributed by atoms with Gasteiger partial charge in [-0.2, -0.15) is 0 Å². The molecule has 4 rings (SSSR count). The van der Waals surface area contributed by atoms with Crippen molar-refractivity contribution >= 4 is 29.2 Å². The molecule has 0 saturated heterocycles. The lowest BCUT2D eigenvalue weighted by atomic mass is 10.1. The van der Waals surface area contributed by atoms with Gasteiger partial charge in [0.05, 0.1) is 29.6 Å². The van der Waals surface area contributed by atoms with Gasteiger partial charge in [0, 0.05) is 23.4 Å². The molecule has 4 aromatic rings. The number of nitrogens with zero attached hydrogens (tertiary/aromatic N) is 3. The van der Waals surface area contributed by atoms with E-state index in [0.29, 0.717) is 47.9 Å². The summed E-state index contributed by atoms with van der Waals surface area (Å²) in [4.78, 5) is 13.3. The number of oxazole rings is 1. The number of aliphatic hydroxyl groups excluding tert-OH is 1. The number of rotatable bonds is 12. The zero-order chi connectivity index (χ0) is 26.0. The van der Waals surface area contributed by atoms with Gasteiger partial charge in [0.15, 0.2) is 0 Å². The molecule has 2 heterocycles.